The number of aliphatic hydroxyl groups is 3. The van der Waals surface area contributed by atoms with Crippen LogP contribution >= 0.6 is 7.82 Å². The lowest BCUT2D eigenvalue weighted by molar-refractivity contribution is -0.00437. The number of allylic oxidation sites excluding steroid dienone is 8. The molecule has 0 rings (SSSR count). The van der Waals surface area contributed by atoms with Crippen LogP contribution < -0.4 is 0 Å². The first-order valence-electron chi connectivity index (χ1n) is 12.7. The molecule has 204 valence electrons. The Hall–Kier alpha value is -1.09. The van der Waals surface area contributed by atoms with Crippen molar-refractivity contribution in [3.63, 3.8) is 0 Å². The van der Waals surface area contributed by atoms with Crippen LogP contribution in [-0.2, 0) is 18.3 Å². The van der Waals surface area contributed by atoms with Crippen molar-refractivity contribution in [2.75, 3.05) is 33.0 Å². The molecule has 0 fully saturated rings. The van der Waals surface area contributed by atoms with Crippen LogP contribution in [0.1, 0.15) is 71.1 Å². The summed E-state index contributed by atoms with van der Waals surface area (Å²) in [5.74, 6) is 0. The number of hydrogen-bond donors (Lipinski definition) is 4. The van der Waals surface area contributed by atoms with Gasteiger partial charge in [-0.3, -0.25) is 9.05 Å². The average molecular weight is 519 g/mol. The molecule has 35 heavy (non-hydrogen) atoms. The molecule has 3 unspecified atom stereocenters. The van der Waals surface area contributed by atoms with E-state index in [1.807, 2.05) is 0 Å². The Labute approximate surface area is 211 Å². The number of aliphatic hydroxyl groups excluding tert-OH is 3. The van der Waals surface area contributed by atoms with E-state index in [4.69, 9.17) is 14.9 Å². The van der Waals surface area contributed by atoms with Gasteiger partial charge in [0.15, 0.2) is 0 Å². The molecular weight excluding hydrogens is 471 g/mol. The fourth-order valence-electron chi connectivity index (χ4n) is 2.81. The average Bonchev–Trinajstić information content (AvgIpc) is 2.85. The van der Waals surface area contributed by atoms with Crippen molar-refractivity contribution in [2.45, 2.75) is 83.3 Å². The molecule has 0 aliphatic carbocycles. The molecule has 9 heteroatoms. The first kappa shape index (κ1) is 33.9. The molecule has 0 spiro atoms. The van der Waals surface area contributed by atoms with Crippen LogP contribution in [0.4, 0.5) is 0 Å². The number of phosphoric acid groups is 1. The summed E-state index contributed by atoms with van der Waals surface area (Å²) in [5, 5.41) is 27.5. The van der Waals surface area contributed by atoms with Gasteiger partial charge in [-0.25, -0.2) is 4.57 Å². The van der Waals surface area contributed by atoms with E-state index in [9.17, 15) is 14.6 Å². The molecule has 0 aliphatic heterocycles. The van der Waals surface area contributed by atoms with Gasteiger partial charge < -0.3 is 24.9 Å². The molecule has 0 heterocycles. The van der Waals surface area contributed by atoms with Crippen LogP contribution in [0.3, 0.4) is 0 Å². The van der Waals surface area contributed by atoms with E-state index in [0.29, 0.717) is 6.61 Å². The van der Waals surface area contributed by atoms with E-state index in [-0.39, 0.29) is 6.61 Å². The number of ether oxygens (including phenoxy) is 1. The molecule has 0 amide bonds. The van der Waals surface area contributed by atoms with Crippen molar-refractivity contribution in [3.8, 4) is 0 Å². The van der Waals surface area contributed by atoms with Crippen molar-refractivity contribution in [1.29, 1.82) is 0 Å². The quantitative estimate of drug-likeness (QED) is 0.0799. The van der Waals surface area contributed by atoms with Gasteiger partial charge >= 0.3 is 7.82 Å². The summed E-state index contributed by atoms with van der Waals surface area (Å²) in [7, 11) is -4.39. The minimum absolute atomic E-state index is 0.00883. The van der Waals surface area contributed by atoms with Gasteiger partial charge in [0.2, 0.25) is 0 Å². The number of rotatable bonds is 24. The second-order valence-electron chi connectivity index (χ2n) is 8.18. The Morgan fingerprint density at radius 3 is 1.83 bits per heavy atom. The van der Waals surface area contributed by atoms with E-state index in [2.05, 4.69) is 64.6 Å². The molecule has 0 aromatic carbocycles. The summed E-state index contributed by atoms with van der Waals surface area (Å²) in [6.07, 6.45) is 25.9. The van der Waals surface area contributed by atoms with Crippen molar-refractivity contribution in [1.82, 2.24) is 0 Å². The Balaban J connectivity index is 3.50. The number of hydrogen-bond acceptors (Lipinski definition) is 7. The van der Waals surface area contributed by atoms with Crippen LogP contribution in [-0.4, -0.2) is 65.5 Å². The highest BCUT2D eigenvalue weighted by Crippen LogP contribution is 2.43. The predicted octanol–water partition coefficient (Wildman–Crippen LogP) is 5.00. The lowest BCUT2D eigenvalue weighted by Crippen LogP contribution is -2.23. The maximum absolute atomic E-state index is 11.6. The zero-order chi connectivity index (χ0) is 26.0. The Bertz CT molecular complexity index is 633. The summed E-state index contributed by atoms with van der Waals surface area (Å²) in [4.78, 5) is 9.40. The summed E-state index contributed by atoms with van der Waals surface area (Å²) >= 11 is 0. The second-order valence-corrected chi connectivity index (χ2v) is 9.64. The van der Waals surface area contributed by atoms with Gasteiger partial charge in [-0.05, 0) is 44.9 Å². The largest absolute Gasteiger partial charge is 0.472 e. The lowest BCUT2D eigenvalue weighted by atomic mass is 10.1. The minimum atomic E-state index is -4.39. The lowest BCUT2D eigenvalue weighted by Gasteiger charge is -2.16. The van der Waals surface area contributed by atoms with Crippen LogP contribution in [0, 0.1) is 0 Å². The Morgan fingerprint density at radius 1 is 0.714 bits per heavy atom. The van der Waals surface area contributed by atoms with Crippen molar-refractivity contribution in [3.05, 3.63) is 48.6 Å². The zero-order valence-corrected chi connectivity index (χ0v) is 22.1. The van der Waals surface area contributed by atoms with Gasteiger partial charge in [-0.2, -0.15) is 0 Å². The van der Waals surface area contributed by atoms with Crippen LogP contribution in [0.25, 0.3) is 0 Å². The molecule has 0 aliphatic rings. The van der Waals surface area contributed by atoms with E-state index >= 15 is 0 Å². The van der Waals surface area contributed by atoms with Gasteiger partial charge in [0.1, 0.15) is 12.2 Å². The topological polar surface area (TPSA) is 126 Å². The fraction of sp³-hybridized carbons (Fsp3) is 0.692. The van der Waals surface area contributed by atoms with Crippen LogP contribution in [0.15, 0.2) is 48.6 Å². The first-order valence-corrected chi connectivity index (χ1v) is 14.2. The molecule has 0 saturated carbocycles. The van der Waals surface area contributed by atoms with Gasteiger partial charge in [0.25, 0.3) is 0 Å². The van der Waals surface area contributed by atoms with E-state index < -0.39 is 39.9 Å². The third kappa shape index (κ3) is 25.8. The summed E-state index contributed by atoms with van der Waals surface area (Å²) in [6, 6.07) is 0. The van der Waals surface area contributed by atoms with E-state index in [1.54, 1.807) is 0 Å². The highest BCUT2D eigenvalue weighted by molar-refractivity contribution is 7.47. The first-order chi connectivity index (χ1) is 16.9. The molecule has 4 N–H and O–H groups in total. The number of phosphoric ester groups is 1. The van der Waals surface area contributed by atoms with Gasteiger partial charge in [0, 0.05) is 6.61 Å². The Kier molecular flexibility index (Phi) is 23.8. The SMILES string of the molecule is CC/C=C\C/C=C\C/C=C\C/C=C\CCCCCCCOCC(O)COP(=O)(O)OCC(O)CO. The smallest absolute Gasteiger partial charge is 0.394 e. The fourth-order valence-corrected chi connectivity index (χ4v) is 3.61. The Morgan fingerprint density at radius 2 is 1.23 bits per heavy atom. The van der Waals surface area contributed by atoms with E-state index in [0.717, 1.165) is 51.4 Å². The van der Waals surface area contributed by atoms with Crippen LogP contribution in [0.2, 0.25) is 0 Å². The minimum Gasteiger partial charge on any atom is -0.394 e. The van der Waals surface area contributed by atoms with Crippen molar-refractivity contribution >= 4 is 7.82 Å². The molecule has 0 aromatic rings. The molecule has 0 aromatic heterocycles. The highest BCUT2D eigenvalue weighted by Gasteiger charge is 2.24. The second kappa shape index (κ2) is 24.6. The molecule has 0 radical (unpaired) electrons. The van der Waals surface area contributed by atoms with Crippen molar-refractivity contribution < 1.29 is 38.6 Å². The molecule has 8 nitrogen and oxygen atoms in total. The highest BCUT2D eigenvalue weighted by atomic mass is 31.2. The summed E-state index contributed by atoms with van der Waals surface area (Å²) < 4.78 is 26.0. The summed E-state index contributed by atoms with van der Waals surface area (Å²) in [5.41, 5.74) is 0. The van der Waals surface area contributed by atoms with E-state index in [1.165, 1.54) is 12.8 Å². The molecular formula is C26H47O8P. The maximum Gasteiger partial charge on any atom is 0.472 e. The molecule has 0 saturated heterocycles. The van der Waals surface area contributed by atoms with Crippen molar-refractivity contribution in [2.24, 2.45) is 0 Å². The molecule has 0 bridgehead atoms. The maximum atomic E-state index is 11.6. The number of unbranched alkanes of at least 4 members (excludes halogenated alkanes) is 5. The monoisotopic (exact) mass is 518 g/mol. The third-order valence-electron chi connectivity index (χ3n) is 4.76. The van der Waals surface area contributed by atoms with Crippen LogP contribution in [0.5, 0.6) is 0 Å². The zero-order valence-electron chi connectivity index (χ0n) is 21.2. The standard InChI is InChI=1S/C26H47O8P/c1-2-3-4-5-6-7-8-9-10-11-12-13-14-15-16-17-18-19-20-32-22-26(29)24-34-35(30,31)33-23-25(28)21-27/h3-4,6-7,9-10,12-13,25-29H,2,5,8,11,14-24H2,1H3,(H,30,31)/b4-3-,7-6-,10-9-,13-12-. The van der Waals surface area contributed by atoms with Gasteiger partial charge in [0.05, 0.1) is 26.4 Å². The third-order valence-corrected chi connectivity index (χ3v) is 5.71. The van der Waals surface area contributed by atoms with Gasteiger partial charge in [-0.1, -0.05) is 74.8 Å². The van der Waals surface area contributed by atoms with Gasteiger partial charge in [-0.15, -0.1) is 0 Å². The predicted molar refractivity (Wildman–Crippen MR) is 140 cm³/mol. The normalized spacial score (nSPS) is 16.1. The molecule has 3 atom stereocenters. The summed E-state index contributed by atoms with van der Waals surface area (Å²) in [6.45, 7) is 1.07.